The second-order valence-electron chi connectivity index (χ2n) is 19.4. The molecule has 0 aliphatic heterocycles. The summed E-state index contributed by atoms with van der Waals surface area (Å²) in [5.74, 6) is 5.32. The van der Waals surface area contributed by atoms with Crippen LogP contribution in [0.15, 0.2) is 312 Å². The maximum Gasteiger partial charge on any atom is 0.164 e. The van der Waals surface area contributed by atoms with Gasteiger partial charge in [0.2, 0.25) is 0 Å². The molecule has 14 heteroatoms. The molecule has 0 spiro atoms. The first-order valence-electron chi connectivity index (χ1n) is 27.8. The van der Waals surface area contributed by atoms with Gasteiger partial charge in [-0.1, -0.05) is 322 Å². The molecule has 14 rings (SSSR count). The van der Waals surface area contributed by atoms with Crippen LogP contribution in [0.2, 0.25) is 10.3 Å². The van der Waals surface area contributed by atoms with Crippen LogP contribution < -0.4 is 0 Å². The third-order valence-electron chi connectivity index (χ3n) is 13.2. The third kappa shape index (κ3) is 16.3. The molecule has 0 aliphatic rings. The van der Waals surface area contributed by atoms with Crippen molar-refractivity contribution in [3.8, 4) is 114 Å². The van der Waals surface area contributed by atoms with Crippen molar-refractivity contribution in [1.29, 1.82) is 0 Å². The third-order valence-corrected chi connectivity index (χ3v) is 14.6. The lowest BCUT2D eigenvalue weighted by atomic mass is 10.1. The molecule has 4 aromatic heterocycles. The highest BCUT2D eigenvalue weighted by atomic mass is 79.9. The molecule has 0 radical (unpaired) electrons. The van der Waals surface area contributed by atoms with E-state index in [1.54, 1.807) is 12.1 Å². The van der Waals surface area contributed by atoms with Crippen molar-refractivity contribution in [2.75, 3.05) is 0 Å². The van der Waals surface area contributed by atoms with Gasteiger partial charge in [-0.05, 0) is 24.3 Å². The van der Waals surface area contributed by atoms with E-state index in [4.69, 9.17) is 43.1 Å². The molecule has 10 aromatic carbocycles. The van der Waals surface area contributed by atoms with Crippen LogP contribution >= 0.6 is 55.1 Å². The highest BCUT2D eigenvalue weighted by molar-refractivity contribution is 9.10. The van der Waals surface area contributed by atoms with E-state index >= 15 is 0 Å². The van der Waals surface area contributed by atoms with Crippen molar-refractivity contribution in [2.24, 2.45) is 0 Å². The molecule has 0 fully saturated rings. The zero-order valence-corrected chi connectivity index (χ0v) is 51.5. The summed E-state index contributed by atoms with van der Waals surface area (Å²) in [6.45, 7) is 0. The molecule has 0 unspecified atom stereocenters. The average Bonchev–Trinajstić information content (AvgIpc) is 3.67. The number of hydrogen-bond donors (Lipinski definition) is 0. The minimum atomic E-state index is 0.452. The highest BCUT2D eigenvalue weighted by Gasteiger charge is 2.15. The lowest BCUT2D eigenvalue weighted by molar-refractivity contribution is 1.07. The molecular formula is C74H50Br2Cl2N10. The van der Waals surface area contributed by atoms with Crippen LogP contribution in [0.5, 0.6) is 0 Å². The van der Waals surface area contributed by atoms with E-state index in [2.05, 4.69) is 61.8 Å². The SMILES string of the molecule is Brc1ccc(-c2nc(-c3ccccc3)nc(-c3ccccc3)n2)cc1.Brc1ccc(-c2nc(-c3ccccc3)nc(-c3ccccc3)n2)cc1.Clc1cc(-c2ccccc2)nc(-c2ccccc2)n1.Clc1cc(-c2ccccc2)nc(-c2ccccc2)n1. The Morgan fingerprint density at radius 3 is 0.557 bits per heavy atom. The monoisotopic (exact) mass is 1310 g/mol. The van der Waals surface area contributed by atoms with Gasteiger partial charge in [-0.15, -0.1) is 0 Å². The maximum atomic E-state index is 6.10. The smallest absolute Gasteiger partial charge is 0.164 e. The molecule has 424 valence electrons. The van der Waals surface area contributed by atoms with Crippen molar-refractivity contribution >= 4 is 55.1 Å². The molecule has 88 heavy (non-hydrogen) atoms. The van der Waals surface area contributed by atoms with Crippen LogP contribution in [-0.2, 0) is 0 Å². The molecule has 0 N–H and O–H groups in total. The molecule has 10 nitrogen and oxygen atoms in total. The van der Waals surface area contributed by atoms with E-state index < -0.39 is 0 Å². The molecule has 4 heterocycles. The van der Waals surface area contributed by atoms with Crippen LogP contribution in [-0.4, -0.2) is 49.8 Å². The summed E-state index contributed by atoms with van der Waals surface area (Å²) in [6, 6.07) is 99.0. The van der Waals surface area contributed by atoms with Gasteiger partial charge in [-0.25, -0.2) is 49.8 Å². The maximum absolute atomic E-state index is 6.10. The Labute approximate surface area is 537 Å². The number of hydrogen-bond acceptors (Lipinski definition) is 10. The second-order valence-corrected chi connectivity index (χ2v) is 22.0. The van der Waals surface area contributed by atoms with Crippen molar-refractivity contribution < 1.29 is 0 Å². The summed E-state index contributed by atoms with van der Waals surface area (Å²) in [5, 5.41) is 0.903. The minimum Gasteiger partial charge on any atom is -0.228 e. The molecular weight excluding hydrogens is 1260 g/mol. The van der Waals surface area contributed by atoms with Gasteiger partial charge in [0.1, 0.15) is 10.3 Å². The Kier molecular flexibility index (Phi) is 20.2. The Morgan fingerprint density at radius 1 is 0.182 bits per heavy atom. The van der Waals surface area contributed by atoms with E-state index in [0.717, 1.165) is 76.0 Å². The molecule has 14 aromatic rings. The number of halogens is 4. The number of nitrogens with zero attached hydrogens (tertiary/aromatic N) is 10. The largest absolute Gasteiger partial charge is 0.228 e. The zero-order valence-electron chi connectivity index (χ0n) is 46.9. The van der Waals surface area contributed by atoms with E-state index in [1.165, 1.54) is 0 Å². The standard InChI is InChI=1S/2C21H14BrN3.2C16H11ClN2/c2*22-18-13-11-17(12-14-18)21-24-19(15-7-3-1-4-8-15)23-20(25-21)16-9-5-2-6-10-16;2*17-15-11-14(12-7-3-1-4-8-12)18-16(19-15)13-9-5-2-6-10-13/h2*1-14H;2*1-11H. The van der Waals surface area contributed by atoms with E-state index in [-0.39, 0.29) is 0 Å². The van der Waals surface area contributed by atoms with Crippen molar-refractivity contribution in [3.05, 3.63) is 323 Å². The van der Waals surface area contributed by atoms with Crippen LogP contribution in [0.4, 0.5) is 0 Å². The molecule has 0 atom stereocenters. The first-order valence-corrected chi connectivity index (χ1v) is 30.2. The van der Waals surface area contributed by atoms with Gasteiger partial charge in [0, 0.05) is 76.7 Å². The predicted octanol–water partition coefficient (Wildman–Crippen LogP) is 20.2. The van der Waals surface area contributed by atoms with Crippen LogP contribution in [0.1, 0.15) is 0 Å². The summed E-state index contributed by atoms with van der Waals surface area (Å²) < 4.78 is 2.05. The first-order chi connectivity index (χ1) is 43.2. The summed E-state index contributed by atoms with van der Waals surface area (Å²) >= 11 is 19.1. The van der Waals surface area contributed by atoms with Crippen LogP contribution in [0.3, 0.4) is 0 Å². The summed E-state index contributed by atoms with van der Waals surface area (Å²) in [5.41, 5.74) is 11.5. The van der Waals surface area contributed by atoms with Gasteiger partial charge in [-0.3, -0.25) is 0 Å². The van der Waals surface area contributed by atoms with Gasteiger partial charge in [0.05, 0.1) is 11.4 Å². The zero-order chi connectivity index (χ0) is 60.3. The van der Waals surface area contributed by atoms with E-state index in [0.29, 0.717) is 56.9 Å². The second kappa shape index (κ2) is 29.8. The lowest BCUT2D eigenvalue weighted by Crippen LogP contribution is -1.99. The Balaban J connectivity index is 0.000000122. The Hall–Kier alpha value is -10.1. The quantitative estimate of drug-likeness (QED) is 0.122. The van der Waals surface area contributed by atoms with Gasteiger partial charge < -0.3 is 0 Å². The topological polar surface area (TPSA) is 129 Å². The fraction of sp³-hybridized carbons (Fsp3) is 0. The van der Waals surface area contributed by atoms with Gasteiger partial charge in [0.15, 0.2) is 46.6 Å². The normalized spacial score (nSPS) is 10.5. The Morgan fingerprint density at radius 2 is 0.352 bits per heavy atom. The van der Waals surface area contributed by atoms with Crippen LogP contribution in [0.25, 0.3) is 114 Å². The summed E-state index contributed by atoms with van der Waals surface area (Å²) in [4.78, 5) is 45.9. The Bertz CT molecular complexity index is 3970. The van der Waals surface area contributed by atoms with Gasteiger partial charge in [0.25, 0.3) is 0 Å². The van der Waals surface area contributed by atoms with E-state index in [9.17, 15) is 0 Å². The van der Waals surface area contributed by atoms with E-state index in [1.807, 2.05) is 291 Å². The van der Waals surface area contributed by atoms with Crippen molar-refractivity contribution in [3.63, 3.8) is 0 Å². The molecule has 0 bridgehead atoms. The number of benzene rings is 10. The molecule has 0 saturated heterocycles. The molecule has 0 aliphatic carbocycles. The summed E-state index contributed by atoms with van der Waals surface area (Å²) in [7, 11) is 0. The van der Waals surface area contributed by atoms with Crippen molar-refractivity contribution in [2.45, 2.75) is 0 Å². The number of aromatic nitrogens is 10. The van der Waals surface area contributed by atoms with Crippen molar-refractivity contribution in [1.82, 2.24) is 49.8 Å². The average molecular weight is 1310 g/mol. The molecule has 0 saturated carbocycles. The fourth-order valence-corrected chi connectivity index (χ4v) is 9.75. The summed E-state index contributed by atoms with van der Waals surface area (Å²) in [6.07, 6.45) is 0. The minimum absolute atomic E-state index is 0.452. The highest BCUT2D eigenvalue weighted by Crippen LogP contribution is 2.30. The predicted molar refractivity (Wildman–Crippen MR) is 363 cm³/mol. The fourth-order valence-electron chi connectivity index (χ4n) is 8.85. The molecule has 0 amide bonds. The number of rotatable bonds is 10. The lowest BCUT2D eigenvalue weighted by Gasteiger charge is -2.08. The van der Waals surface area contributed by atoms with Gasteiger partial charge >= 0.3 is 0 Å². The van der Waals surface area contributed by atoms with Gasteiger partial charge in [-0.2, -0.15) is 0 Å². The first kappa shape index (κ1) is 59.6. The van der Waals surface area contributed by atoms with Crippen LogP contribution in [0, 0.1) is 0 Å².